The highest BCUT2D eigenvalue weighted by molar-refractivity contribution is 5.97. The SMILES string of the molecule is COC(=O)c1nn(C)c(C(=O)OC)c1C#Cc1ccc(C=O)cc1. The first-order valence-corrected chi connectivity index (χ1v) is 6.82. The van der Waals surface area contributed by atoms with Crippen LogP contribution in [0.15, 0.2) is 24.3 Å². The summed E-state index contributed by atoms with van der Waals surface area (Å²) in [4.78, 5) is 34.4. The molecule has 0 unspecified atom stereocenters. The molecule has 1 aromatic heterocycles. The van der Waals surface area contributed by atoms with Crippen LogP contribution >= 0.6 is 0 Å². The molecular formula is C17H14N2O5. The summed E-state index contributed by atoms with van der Waals surface area (Å²) >= 11 is 0. The molecule has 0 aliphatic heterocycles. The smallest absolute Gasteiger partial charge is 0.359 e. The second-order valence-corrected chi connectivity index (χ2v) is 4.67. The number of aromatic nitrogens is 2. The van der Waals surface area contributed by atoms with Crippen molar-refractivity contribution in [1.82, 2.24) is 9.78 Å². The van der Waals surface area contributed by atoms with Crippen LogP contribution in [0.5, 0.6) is 0 Å². The fourth-order valence-electron chi connectivity index (χ4n) is 1.99. The van der Waals surface area contributed by atoms with Gasteiger partial charge in [0.2, 0.25) is 0 Å². The minimum Gasteiger partial charge on any atom is -0.464 e. The van der Waals surface area contributed by atoms with Crippen LogP contribution in [-0.4, -0.2) is 42.2 Å². The molecule has 1 aromatic carbocycles. The summed E-state index contributed by atoms with van der Waals surface area (Å²) in [6, 6.07) is 6.54. The van der Waals surface area contributed by atoms with Crippen molar-refractivity contribution in [3.05, 3.63) is 52.3 Å². The van der Waals surface area contributed by atoms with Crippen LogP contribution in [0.2, 0.25) is 0 Å². The first-order chi connectivity index (χ1) is 11.5. The zero-order valence-corrected chi connectivity index (χ0v) is 13.3. The Bertz CT molecular complexity index is 854. The summed E-state index contributed by atoms with van der Waals surface area (Å²) in [6.45, 7) is 0. The molecule has 0 saturated heterocycles. The molecule has 0 atom stereocenters. The van der Waals surface area contributed by atoms with Crippen LogP contribution in [0.25, 0.3) is 0 Å². The second-order valence-electron chi connectivity index (χ2n) is 4.67. The monoisotopic (exact) mass is 326 g/mol. The largest absolute Gasteiger partial charge is 0.464 e. The standard InChI is InChI=1S/C17H14N2O5/c1-19-15(17(22)24-3)13(14(18-19)16(21)23-2)9-8-11-4-6-12(10-20)7-5-11/h4-7,10H,1-3H3. The molecule has 0 radical (unpaired) electrons. The fourth-order valence-corrected chi connectivity index (χ4v) is 1.99. The van der Waals surface area contributed by atoms with Crippen LogP contribution in [0, 0.1) is 11.8 Å². The number of carbonyl (C=O) groups excluding carboxylic acids is 3. The highest BCUT2D eigenvalue weighted by Gasteiger charge is 2.26. The van der Waals surface area contributed by atoms with E-state index in [-0.39, 0.29) is 17.0 Å². The van der Waals surface area contributed by atoms with Crippen molar-refractivity contribution in [2.75, 3.05) is 14.2 Å². The third kappa shape index (κ3) is 3.33. The van der Waals surface area contributed by atoms with E-state index in [4.69, 9.17) is 4.74 Å². The molecule has 0 amide bonds. The Hall–Kier alpha value is -3.40. The van der Waals surface area contributed by atoms with E-state index >= 15 is 0 Å². The minimum atomic E-state index is -0.707. The second kappa shape index (κ2) is 7.24. The highest BCUT2D eigenvalue weighted by Crippen LogP contribution is 2.15. The average molecular weight is 326 g/mol. The van der Waals surface area contributed by atoms with Gasteiger partial charge in [-0.25, -0.2) is 9.59 Å². The molecule has 0 aliphatic carbocycles. The van der Waals surface area contributed by atoms with E-state index in [1.165, 1.54) is 25.9 Å². The minimum absolute atomic E-state index is 0.0508. The molecular weight excluding hydrogens is 312 g/mol. The average Bonchev–Trinajstić information content (AvgIpc) is 2.95. The molecule has 0 fully saturated rings. The number of benzene rings is 1. The lowest BCUT2D eigenvalue weighted by atomic mass is 10.1. The van der Waals surface area contributed by atoms with Crippen molar-refractivity contribution < 1.29 is 23.9 Å². The van der Waals surface area contributed by atoms with Crippen molar-refractivity contribution in [3.8, 4) is 11.8 Å². The topological polar surface area (TPSA) is 87.5 Å². The summed E-state index contributed by atoms with van der Waals surface area (Å²) in [5, 5.41) is 3.98. The van der Waals surface area contributed by atoms with Gasteiger partial charge in [0.15, 0.2) is 11.4 Å². The molecule has 2 rings (SSSR count). The molecule has 122 valence electrons. The third-order valence-electron chi connectivity index (χ3n) is 3.18. The van der Waals surface area contributed by atoms with Gasteiger partial charge in [-0.15, -0.1) is 0 Å². The van der Waals surface area contributed by atoms with Crippen molar-refractivity contribution >= 4 is 18.2 Å². The predicted octanol–water partition coefficient (Wildman–Crippen LogP) is 1.21. The number of aryl methyl sites for hydroxylation is 1. The normalized spacial score (nSPS) is 9.62. The van der Waals surface area contributed by atoms with Gasteiger partial charge in [0.25, 0.3) is 0 Å². The molecule has 7 heteroatoms. The molecule has 0 spiro atoms. The van der Waals surface area contributed by atoms with Gasteiger partial charge < -0.3 is 9.47 Å². The number of hydrogen-bond acceptors (Lipinski definition) is 6. The maximum atomic E-state index is 11.9. The zero-order valence-electron chi connectivity index (χ0n) is 13.3. The summed E-state index contributed by atoms with van der Waals surface area (Å²) in [5.41, 5.74) is 1.23. The summed E-state index contributed by atoms with van der Waals surface area (Å²) in [7, 11) is 3.94. The lowest BCUT2D eigenvalue weighted by Gasteiger charge is -1.99. The Kier molecular flexibility index (Phi) is 5.12. The van der Waals surface area contributed by atoms with Gasteiger partial charge in [-0.1, -0.05) is 24.0 Å². The number of ether oxygens (including phenoxy) is 2. The predicted molar refractivity (Wildman–Crippen MR) is 83.7 cm³/mol. The van der Waals surface area contributed by atoms with Crippen LogP contribution in [-0.2, 0) is 16.5 Å². The van der Waals surface area contributed by atoms with E-state index < -0.39 is 11.9 Å². The number of rotatable bonds is 3. The van der Waals surface area contributed by atoms with Crippen molar-refractivity contribution in [2.45, 2.75) is 0 Å². The Labute approximate surface area is 138 Å². The maximum absolute atomic E-state index is 11.9. The van der Waals surface area contributed by atoms with E-state index in [1.54, 1.807) is 24.3 Å². The lowest BCUT2D eigenvalue weighted by molar-refractivity contribution is 0.0582. The number of carbonyl (C=O) groups is 3. The van der Waals surface area contributed by atoms with Gasteiger partial charge in [0.05, 0.1) is 19.8 Å². The van der Waals surface area contributed by atoms with Gasteiger partial charge in [0, 0.05) is 18.2 Å². The third-order valence-corrected chi connectivity index (χ3v) is 3.18. The zero-order chi connectivity index (χ0) is 17.7. The summed E-state index contributed by atoms with van der Waals surface area (Å²) in [5.74, 6) is 4.22. The van der Waals surface area contributed by atoms with Crippen molar-refractivity contribution in [1.29, 1.82) is 0 Å². The summed E-state index contributed by atoms with van der Waals surface area (Å²) < 4.78 is 10.6. The molecule has 0 N–H and O–H groups in total. The van der Waals surface area contributed by atoms with Gasteiger partial charge in [-0.05, 0) is 12.1 Å². The lowest BCUT2D eigenvalue weighted by Crippen LogP contribution is -2.10. The van der Waals surface area contributed by atoms with Crippen molar-refractivity contribution in [2.24, 2.45) is 7.05 Å². The van der Waals surface area contributed by atoms with E-state index in [1.807, 2.05) is 0 Å². The Balaban J connectivity index is 2.54. The molecule has 24 heavy (non-hydrogen) atoms. The number of nitrogens with zero attached hydrogens (tertiary/aromatic N) is 2. The van der Waals surface area contributed by atoms with Crippen LogP contribution in [0.4, 0.5) is 0 Å². The van der Waals surface area contributed by atoms with E-state index in [0.29, 0.717) is 11.1 Å². The van der Waals surface area contributed by atoms with Gasteiger partial charge in [-0.3, -0.25) is 9.48 Å². The number of methoxy groups -OCH3 is 2. The molecule has 0 saturated carbocycles. The number of hydrogen-bond donors (Lipinski definition) is 0. The molecule has 2 aromatic rings. The van der Waals surface area contributed by atoms with E-state index in [9.17, 15) is 14.4 Å². The van der Waals surface area contributed by atoms with Gasteiger partial charge in [-0.2, -0.15) is 5.10 Å². The molecule has 0 bridgehead atoms. The Morgan fingerprint density at radius 2 is 1.71 bits per heavy atom. The van der Waals surface area contributed by atoms with Crippen LogP contribution < -0.4 is 0 Å². The molecule has 0 aliphatic rings. The number of aldehydes is 1. The van der Waals surface area contributed by atoms with Crippen molar-refractivity contribution in [3.63, 3.8) is 0 Å². The first kappa shape index (κ1) is 17.0. The maximum Gasteiger partial charge on any atom is 0.359 e. The quantitative estimate of drug-likeness (QED) is 0.478. The van der Waals surface area contributed by atoms with E-state index in [0.717, 1.165) is 6.29 Å². The Morgan fingerprint density at radius 3 is 2.25 bits per heavy atom. The van der Waals surface area contributed by atoms with Gasteiger partial charge in [0.1, 0.15) is 6.29 Å². The van der Waals surface area contributed by atoms with Crippen LogP contribution in [0.3, 0.4) is 0 Å². The summed E-state index contributed by atoms with van der Waals surface area (Å²) in [6.07, 6.45) is 0.725. The first-order valence-electron chi connectivity index (χ1n) is 6.82. The highest BCUT2D eigenvalue weighted by atomic mass is 16.5. The Morgan fingerprint density at radius 1 is 1.08 bits per heavy atom. The van der Waals surface area contributed by atoms with Crippen LogP contribution in [0.1, 0.15) is 42.5 Å². The van der Waals surface area contributed by atoms with Gasteiger partial charge >= 0.3 is 11.9 Å². The fraction of sp³-hybridized carbons (Fsp3) is 0.176. The number of esters is 2. The molecule has 7 nitrogen and oxygen atoms in total. The van der Waals surface area contributed by atoms with E-state index in [2.05, 4.69) is 21.7 Å². The molecule has 1 heterocycles.